The van der Waals surface area contributed by atoms with E-state index in [0.717, 1.165) is 0 Å². The first kappa shape index (κ1) is 17.3. The fraction of sp³-hybridized carbons (Fsp3) is 0.0556. The topological polar surface area (TPSA) is 73.6 Å². The second-order valence-electron chi connectivity index (χ2n) is 5.18. The summed E-state index contributed by atoms with van der Waals surface area (Å²) in [6.45, 7) is 0. The number of sulfone groups is 1. The highest BCUT2D eigenvalue weighted by atomic mass is 35.5. The molecule has 0 aliphatic heterocycles. The molecular formula is C18H13ClO5S. The number of ether oxygens (including phenoxy) is 1. The molecule has 25 heavy (non-hydrogen) atoms. The lowest BCUT2D eigenvalue weighted by atomic mass is 10.3. The Balaban J connectivity index is 1.72. The van der Waals surface area contributed by atoms with Crippen molar-refractivity contribution >= 4 is 27.4 Å². The maximum atomic E-state index is 12.3. The summed E-state index contributed by atoms with van der Waals surface area (Å²) in [4.78, 5) is 12.2. The van der Waals surface area contributed by atoms with Crippen molar-refractivity contribution in [1.29, 1.82) is 0 Å². The Bertz CT molecular complexity index is 976. The van der Waals surface area contributed by atoms with Crippen molar-refractivity contribution in [1.82, 2.24) is 0 Å². The first-order valence-electron chi connectivity index (χ1n) is 7.28. The van der Waals surface area contributed by atoms with Gasteiger partial charge in [-0.15, -0.1) is 0 Å². The van der Waals surface area contributed by atoms with Crippen LogP contribution < -0.4 is 4.74 Å². The molecule has 1 heterocycles. The van der Waals surface area contributed by atoms with Gasteiger partial charge in [0, 0.05) is 5.02 Å². The van der Waals surface area contributed by atoms with Gasteiger partial charge in [-0.3, -0.25) is 0 Å². The Morgan fingerprint density at radius 1 is 0.960 bits per heavy atom. The molecule has 5 nitrogen and oxygen atoms in total. The van der Waals surface area contributed by atoms with E-state index >= 15 is 0 Å². The molecule has 0 bridgehead atoms. The maximum absolute atomic E-state index is 12.3. The number of carbonyl (C=O) groups is 1. The normalized spacial score (nSPS) is 11.2. The Morgan fingerprint density at radius 2 is 1.64 bits per heavy atom. The summed E-state index contributed by atoms with van der Waals surface area (Å²) in [5.74, 6) is -0.666. The fourth-order valence-electron chi connectivity index (χ4n) is 2.12. The number of halogens is 1. The molecule has 2 aromatic carbocycles. The van der Waals surface area contributed by atoms with Gasteiger partial charge in [0.25, 0.3) is 0 Å². The van der Waals surface area contributed by atoms with E-state index in [9.17, 15) is 13.2 Å². The van der Waals surface area contributed by atoms with Crippen LogP contribution in [0.25, 0.3) is 0 Å². The third kappa shape index (κ3) is 4.29. The van der Waals surface area contributed by atoms with E-state index in [1.165, 1.54) is 24.3 Å². The van der Waals surface area contributed by atoms with Crippen molar-refractivity contribution in [2.75, 3.05) is 0 Å². The summed E-state index contributed by atoms with van der Waals surface area (Å²) in [5, 5.41) is 0.520. The molecule has 128 valence electrons. The van der Waals surface area contributed by atoms with E-state index in [-0.39, 0.29) is 22.2 Å². The molecule has 0 atom stereocenters. The predicted octanol–water partition coefficient (Wildman–Crippen LogP) is 4.13. The lowest BCUT2D eigenvalue weighted by Gasteiger charge is -2.03. The second kappa shape index (κ2) is 7.13. The monoisotopic (exact) mass is 376 g/mol. The number of hydrogen-bond donors (Lipinski definition) is 0. The Labute approximate surface area is 149 Å². The number of rotatable bonds is 5. The summed E-state index contributed by atoms with van der Waals surface area (Å²) in [6, 6.07) is 17.1. The molecule has 0 N–H and O–H groups in total. The van der Waals surface area contributed by atoms with Gasteiger partial charge in [-0.25, -0.2) is 13.2 Å². The second-order valence-corrected chi connectivity index (χ2v) is 7.61. The van der Waals surface area contributed by atoms with Crippen LogP contribution in [0.5, 0.6) is 5.75 Å². The third-order valence-electron chi connectivity index (χ3n) is 3.32. The highest BCUT2D eigenvalue weighted by molar-refractivity contribution is 7.90. The first-order chi connectivity index (χ1) is 11.9. The number of carbonyl (C=O) groups excluding carboxylic acids is 1. The molecule has 0 unspecified atom stereocenters. The maximum Gasteiger partial charge on any atom is 0.379 e. The minimum Gasteiger partial charge on any atom is -0.453 e. The van der Waals surface area contributed by atoms with Crippen LogP contribution in [0.2, 0.25) is 5.02 Å². The molecule has 3 rings (SSSR count). The van der Waals surface area contributed by atoms with Crippen molar-refractivity contribution in [3.8, 4) is 5.75 Å². The SMILES string of the molecule is O=C(Oc1ccc(Cl)cc1)c1ccc(CS(=O)(=O)c2ccccc2)o1. The van der Waals surface area contributed by atoms with Crippen LogP contribution in [-0.4, -0.2) is 14.4 Å². The van der Waals surface area contributed by atoms with Crippen LogP contribution in [0.1, 0.15) is 16.3 Å². The van der Waals surface area contributed by atoms with Gasteiger partial charge < -0.3 is 9.15 Å². The fourth-order valence-corrected chi connectivity index (χ4v) is 3.52. The van der Waals surface area contributed by atoms with Crippen LogP contribution in [0.4, 0.5) is 0 Å². The van der Waals surface area contributed by atoms with Gasteiger partial charge in [-0.1, -0.05) is 29.8 Å². The first-order valence-corrected chi connectivity index (χ1v) is 9.31. The Hall–Kier alpha value is -2.57. The van der Waals surface area contributed by atoms with Gasteiger partial charge in [0.1, 0.15) is 17.3 Å². The molecule has 0 saturated carbocycles. The van der Waals surface area contributed by atoms with Crippen molar-refractivity contribution in [3.05, 3.63) is 83.3 Å². The van der Waals surface area contributed by atoms with Gasteiger partial charge >= 0.3 is 5.97 Å². The van der Waals surface area contributed by atoms with Gasteiger partial charge in [-0.2, -0.15) is 0 Å². The van der Waals surface area contributed by atoms with E-state index in [1.807, 2.05) is 0 Å². The van der Waals surface area contributed by atoms with E-state index < -0.39 is 15.8 Å². The molecule has 3 aromatic rings. The summed E-state index contributed by atoms with van der Waals surface area (Å²) >= 11 is 5.76. The Morgan fingerprint density at radius 3 is 2.32 bits per heavy atom. The summed E-state index contributed by atoms with van der Waals surface area (Å²) in [6.07, 6.45) is 0. The predicted molar refractivity (Wildman–Crippen MR) is 92.5 cm³/mol. The largest absolute Gasteiger partial charge is 0.453 e. The quantitative estimate of drug-likeness (QED) is 0.494. The molecule has 0 amide bonds. The third-order valence-corrected chi connectivity index (χ3v) is 5.23. The van der Waals surface area contributed by atoms with Gasteiger partial charge in [0.15, 0.2) is 9.84 Å². The highest BCUT2D eigenvalue weighted by Gasteiger charge is 2.20. The zero-order valence-corrected chi connectivity index (χ0v) is 14.5. The van der Waals surface area contributed by atoms with E-state index in [0.29, 0.717) is 10.8 Å². The Kier molecular flexibility index (Phi) is 4.92. The lowest BCUT2D eigenvalue weighted by Crippen LogP contribution is -2.07. The molecule has 1 aromatic heterocycles. The number of benzene rings is 2. The number of hydrogen-bond acceptors (Lipinski definition) is 5. The van der Waals surface area contributed by atoms with E-state index in [4.69, 9.17) is 20.8 Å². The van der Waals surface area contributed by atoms with Crippen LogP contribution in [0.3, 0.4) is 0 Å². The van der Waals surface area contributed by atoms with Crippen LogP contribution >= 0.6 is 11.6 Å². The van der Waals surface area contributed by atoms with E-state index in [2.05, 4.69) is 0 Å². The zero-order valence-electron chi connectivity index (χ0n) is 12.9. The van der Waals surface area contributed by atoms with Gasteiger partial charge in [0.05, 0.1) is 4.90 Å². The average Bonchev–Trinajstić information content (AvgIpc) is 3.06. The summed E-state index contributed by atoms with van der Waals surface area (Å²) in [7, 11) is -3.55. The molecule has 7 heteroatoms. The number of esters is 1. The molecule has 0 spiro atoms. The van der Waals surface area contributed by atoms with Crippen LogP contribution in [0.15, 0.2) is 76.0 Å². The summed E-state index contributed by atoms with van der Waals surface area (Å²) in [5.41, 5.74) is 0. The van der Waals surface area contributed by atoms with Crippen molar-refractivity contribution in [2.24, 2.45) is 0 Å². The van der Waals surface area contributed by atoms with Crippen molar-refractivity contribution in [2.45, 2.75) is 10.6 Å². The van der Waals surface area contributed by atoms with Gasteiger partial charge in [-0.05, 0) is 48.5 Å². The lowest BCUT2D eigenvalue weighted by molar-refractivity contribution is 0.0699. The van der Waals surface area contributed by atoms with Crippen molar-refractivity contribution in [3.63, 3.8) is 0 Å². The molecule has 0 aliphatic carbocycles. The molecule has 0 radical (unpaired) electrons. The molecule has 0 aliphatic rings. The van der Waals surface area contributed by atoms with Crippen LogP contribution in [-0.2, 0) is 15.6 Å². The molecule has 0 fully saturated rings. The summed E-state index contributed by atoms with van der Waals surface area (Å²) < 4.78 is 35.1. The van der Waals surface area contributed by atoms with Crippen LogP contribution in [0, 0.1) is 0 Å². The highest BCUT2D eigenvalue weighted by Crippen LogP contribution is 2.20. The standard InChI is InChI=1S/C18H13ClO5S/c19-13-6-8-14(9-7-13)24-18(20)17-11-10-15(23-17)12-25(21,22)16-4-2-1-3-5-16/h1-11H,12H2. The van der Waals surface area contributed by atoms with Crippen molar-refractivity contribution < 1.29 is 22.4 Å². The molecular weight excluding hydrogens is 364 g/mol. The zero-order chi connectivity index (χ0) is 17.9. The molecule has 0 saturated heterocycles. The minimum atomic E-state index is -3.55. The van der Waals surface area contributed by atoms with E-state index in [1.54, 1.807) is 42.5 Å². The number of furan rings is 1. The smallest absolute Gasteiger partial charge is 0.379 e. The van der Waals surface area contributed by atoms with Gasteiger partial charge in [0.2, 0.25) is 5.76 Å². The minimum absolute atomic E-state index is 0.0757. The average molecular weight is 377 g/mol.